The van der Waals surface area contributed by atoms with Crippen LogP contribution in [0, 0.1) is 0 Å². The summed E-state index contributed by atoms with van der Waals surface area (Å²) < 4.78 is 5.94. The van der Waals surface area contributed by atoms with E-state index >= 15 is 0 Å². The summed E-state index contributed by atoms with van der Waals surface area (Å²) in [4.78, 5) is 12.7. The van der Waals surface area contributed by atoms with E-state index in [1.165, 1.54) is 11.3 Å². The largest absolute Gasteiger partial charge is 0.494 e. The quantitative estimate of drug-likeness (QED) is 0.781. The van der Waals surface area contributed by atoms with E-state index in [0.717, 1.165) is 5.75 Å². The average molecular weight is 267 g/mol. The van der Waals surface area contributed by atoms with Crippen molar-refractivity contribution in [3.8, 4) is 5.75 Å². The van der Waals surface area contributed by atoms with Gasteiger partial charge in [0.05, 0.1) is 15.8 Å². The van der Waals surface area contributed by atoms with Crippen LogP contribution < -0.4 is 4.74 Å². The lowest BCUT2D eigenvalue weighted by Gasteiger charge is -2.03. The highest BCUT2D eigenvalue weighted by Gasteiger charge is 2.11. The molecule has 0 aliphatic carbocycles. The van der Waals surface area contributed by atoms with Crippen LogP contribution >= 0.6 is 22.9 Å². The van der Waals surface area contributed by atoms with E-state index in [1.54, 1.807) is 36.4 Å². The summed E-state index contributed by atoms with van der Waals surface area (Å²) in [5, 5.41) is 0. The van der Waals surface area contributed by atoms with Gasteiger partial charge in [0.25, 0.3) is 0 Å². The van der Waals surface area contributed by atoms with E-state index in [4.69, 9.17) is 16.3 Å². The third-order valence-electron chi connectivity index (χ3n) is 2.22. The van der Waals surface area contributed by atoms with E-state index < -0.39 is 0 Å². The molecule has 4 heteroatoms. The maximum Gasteiger partial charge on any atom is 0.202 e. The van der Waals surface area contributed by atoms with Gasteiger partial charge < -0.3 is 4.74 Å². The lowest BCUT2D eigenvalue weighted by atomic mass is 10.1. The van der Waals surface area contributed by atoms with Gasteiger partial charge in [0.1, 0.15) is 5.75 Å². The predicted octanol–water partition coefficient (Wildman–Crippen LogP) is 4.03. The summed E-state index contributed by atoms with van der Waals surface area (Å²) in [6.45, 7) is 2.54. The smallest absolute Gasteiger partial charge is 0.202 e. The number of thiophene rings is 1. The predicted molar refractivity (Wildman–Crippen MR) is 70.4 cm³/mol. The Morgan fingerprint density at radius 3 is 2.47 bits per heavy atom. The van der Waals surface area contributed by atoms with Crippen LogP contribution in [0.3, 0.4) is 0 Å². The van der Waals surface area contributed by atoms with Crippen molar-refractivity contribution in [1.82, 2.24) is 0 Å². The van der Waals surface area contributed by atoms with Crippen molar-refractivity contribution >= 4 is 28.7 Å². The van der Waals surface area contributed by atoms with Crippen molar-refractivity contribution in [2.24, 2.45) is 0 Å². The number of hydrogen-bond donors (Lipinski definition) is 0. The van der Waals surface area contributed by atoms with Gasteiger partial charge >= 0.3 is 0 Å². The van der Waals surface area contributed by atoms with Crippen molar-refractivity contribution in [2.75, 3.05) is 6.61 Å². The Morgan fingerprint density at radius 1 is 1.24 bits per heavy atom. The molecular formula is C13H11ClO2S. The molecule has 0 unspecified atom stereocenters. The zero-order chi connectivity index (χ0) is 12.3. The fourth-order valence-electron chi connectivity index (χ4n) is 1.45. The molecule has 0 N–H and O–H groups in total. The van der Waals surface area contributed by atoms with Crippen LogP contribution in [0.1, 0.15) is 22.2 Å². The maximum atomic E-state index is 12.0. The van der Waals surface area contributed by atoms with Gasteiger partial charge in [-0.15, -0.1) is 11.3 Å². The molecule has 1 aromatic carbocycles. The van der Waals surface area contributed by atoms with Crippen LogP contribution in [0.15, 0.2) is 36.4 Å². The minimum Gasteiger partial charge on any atom is -0.494 e. The molecule has 0 aliphatic rings. The Hall–Kier alpha value is -1.32. The van der Waals surface area contributed by atoms with Crippen molar-refractivity contribution in [3.05, 3.63) is 51.2 Å². The highest BCUT2D eigenvalue weighted by molar-refractivity contribution is 7.18. The zero-order valence-electron chi connectivity index (χ0n) is 9.27. The van der Waals surface area contributed by atoms with Crippen LogP contribution in [0.25, 0.3) is 0 Å². The SMILES string of the molecule is CCOc1ccc(C(=O)c2ccc(Cl)s2)cc1. The summed E-state index contributed by atoms with van der Waals surface area (Å²) in [5.41, 5.74) is 0.645. The van der Waals surface area contributed by atoms with Crippen LogP contribution in [-0.4, -0.2) is 12.4 Å². The summed E-state index contributed by atoms with van der Waals surface area (Å²) in [5.74, 6) is 0.762. The van der Waals surface area contributed by atoms with E-state index in [0.29, 0.717) is 21.4 Å². The van der Waals surface area contributed by atoms with Crippen LogP contribution in [0.2, 0.25) is 4.34 Å². The van der Waals surface area contributed by atoms with E-state index in [-0.39, 0.29) is 5.78 Å². The third-order valence-corrected chi connectivity index (χ3v) is 3.45. The molecule has 0 bridgehead atoms. The van der Waals surface area contributed by atoms with Gasteiger partial charge in [0.15, 0.2) is 0 Å². The van der Waals surface area contributed by atoms with E-state index in [1.807, 2.05) is 6.92 Å². The number of hydrogen-bond acceptors (Lipinski definition) is 3. The number of halogens is 1. The molecule has 0 aliphatic heterocycles. The second-order valence-corrected chi connectivity index (χ2v) is 5.11. The Morgan fingerprint density at radius 2 is 1.94 bits per heavy atom. The first-order valence-electron chi connectivity index (χ1n) is 5.23. The maximum absolute atomic E-state index is 12.0. The topological polar surface area (TPSA) is 26.3 Å². The normalized spacial score (nSPS) is 10.2. The number of carbonyl (C=O) groups is 1. The van der Waals surface area contributed by atoms with Gasteiger partial charge in [-0.25, -0.2) is 0 Å². The molecular weight excluding hydrogens is 256 g/mol. The minimum absolute atomic E-state index is 0.00931. The molecule has 0 amide bonds. The standard InChI is InChI=1S/C13H11ClO2S/c1-2-16-10-5-3-9(4-6-10)13(15)11-7-8-12(14)17-11/h3-8H,2H2,1H3. The first kappa shape index (κ1) is 12.1. The molecule has 1 aromatic heterocycles. The van der Waals surface area contributed by atoms with Crippen molar-refractivity contribution in [1.29, 1.82) is 0 Å². The first-order chi connectivity index (χ1) is 8.20. The molecule has 17 heavy (non-hydrogen) atoms. The van der Waals surface area contributed by atoms with Crippen molar-refractivity contribution in [2.45, 2.75) is 6.92 Å². The Labute approximate surface area is 109 Å². The van der Waals surface area contributed by atoms with Crippen molar-refractivity contribution in [3.63, 3.8) is 0 Å². The molecule has 0 atom stereocenters. The summed E-state index contributed by atoms with van der Waals surface area (Å²) in [6.07, 6.45) is 0. The molecule has 1 heterocycles. The molecule has 0 saturated heterocycles. The zero-order valence-corrected chi connectivity index (χ0v) is 10.8. The summed E-state index contributed by atoms with van der Waals surface area (Å²) in [6, 6.07) is 10.6. The monoisotopic (exact) mass is 266 g/mol. The highest BCUT2D eigenvalue weighted by atomic mass is 35.5. The summed E-state index contributed by atoms with van der Waals surface area (Å²) >= 11 is 7.09. The lowest BCUT2D eigenvalue weighted by molar-refractivity contribution is 0.104. The first-order valence-corrected chi connectivity index (χ1v) is 6.43. The summed E-state index contributed by atoms with van der Waals surface area (Å²) in [7, 11) is 0. The third kappa shape index (κ3) is 2.87. The van der Waals surface area contributed by atoms with Crippen LogP contribution in [0.4, 0.5) is 0 Å². The van der Waals surface area contributed by atoms with Gasteiger partial charge in [-0.3, -0.25) is 4.79 Å². The fraction of sp³-hybridized carbons (Fsp3) is 0.154. The van der Waals surface area contributed by atoms with Crippen LogP contribution in [0.5, 0.6) is 5.75 Å². The molecule has 0 radical (unpaired) electrons. The molecule has 0 spiro atoms. The van der Waals surface area contributed by atoms with Gasteiger partial charge in [-0.05, 0) is 43.3 Å². The fourth-order valence-corrected chi connectivity index (χ4v) is 2.45. The highest BCUT2D eigenvalue weighted by Crippen LogP contribution is 2.24. The molecule has 2 nitrogen and oxygen atoms in total. The number of carbonyl (C=O) groups excluding carboxylic acids is 1. The molecule has 2 rings (SSSR count). The van der Waals surface area contributed by atoms with Gasteiger partial charge in [-0.2, -0.15) is 0 Å². The second kappa shape index (κ2) is 5.34. The molecule has 0 saturated carbocycles. The lowest BCUT2D eigenvalue weighted by Crippen LogP contribution is -1.98. The molecule has 2 aromatic rings. The number of benzene rings is 1. The second-order valence-electron chi connectivity index (χ2n) is 3.39. The molecule has 0 fully saturated rings. The minimum atomic E-state index is -0.00931. The van der Waals surface area contributed by atoms with Gasteiger partial charge in [0, 0.05) is 5.56 Å². The van der Waals surface area contributed by atoms with Gasteiger partial charge in [-0.1, -0.05) is 11.6 Å². The van der Waals surface area contributed by atoms with E-state index in [9.17, 15) is 4.79 Å². The Bertz CT molecular complexity index is 516. The molecule has 88 valence electrons. The van der Waals surface area contributed by atoms with Crippen LogP contribution in [-0.2, 0) is 0 Å². The Kier molecular flexibility index (Phi) is 3.82. The Balaban J connectivity index is 2.20. The van der Waals surface area contributed by atoms with E-state index in [2.05, 4.69) is 0 Å². The number of ketones is 1. The van der Waals surface area contributed by atoms with Gasteiger partial charge in [0.2, 0.25) is 5.78 Å². The van der Waals surface area contributed by atoms with Crippen molar-refractivity contribution < 1.29 is 9.53 Å². The number of ether oxygens (including phenoxy) is 1. The number of rotatable bonds is 4. The average Bonchev–Trinajstić information content (AvgIpc) is 2.76.